The van der Waals surface area contributed by atoms with Crippen LogP contribution in [0.4, 0.5) is 0 Å². The molecular formula is C12H25NO2. The molecule has 0 rings (SSSR count). The Kier molecular flexibility index (Phi) is 5.29. The Morgan fingerprint density at radius 2 is 1.73 bits per heavy atom. The summed E-state index contributed by atoms with van der Waals surface area (Å²) in [6, 6.07) is -0.503. The third-order valence-corrected chi connectivity index (χ3v) is 2.94. The van der Waals surface area contributed by atoms with E-state index in [0.717, 1.165) is 0 Å². The van der Waals surface area contributed by atoms with E-state index in [4.69, 9.17) is 10.5 Å². The van der Waals surface area contributed by atoms with Gasteiger partial charge < -0.3 is 10.5 Å². The van der Waals surface area contributed by atoms with Gasteiger partial charge in [0.15, 0.2) is 0 Å². The van der Waals surface area contributed by atoms with Crippen molar-refractivity contribution in [2.75, 3.05) is 6.61 Å². The first kappa shape index (κ1) is 14.4. The summed E-state index contributed by atoms with van der Waals surface area (Å²) in [5, 5.41) is 0. The van der Waals surface area contributed by atoms with E-state index in [1.807, 2.05) is 13.8 Å². The molecule has 0 aliphatic heterocycles. The molecule has 15 heavy (non-hydrogen) atoms. The fourth-order valence-electron chi connectivity index (χ4n) is 0.826. The predicted molar refractivity (Wildman–Crippen MR) is 62.4 cm³/mol. The van der Waals surface area contributed by atoms with Crippen molar-refractivity contribution in [2.24, 2.45) is 23.0 Å². The van der Waals surface area contributed by atoms with E-state index < -0.39 is 6.04 Å². The highest BCUT2D eigenvalue weighted by Gasteiger charge is 2.24. The highest BCUT2D eigenvalue weighted by molar-refractivity contribution is 5.75. The van der Waals surface area contributed by atoms with Crippen molar-refractivity contribution in [3.05, 3.63) is 0 Å². The molecule has 0 heterocycles. The molecule has 90 valence electrons. The van der Waals surface area contributed by atoms with Crippen LogP contribution in [-0.2, 0) is 9.53 Å². The summed E-state index contributed by atoms with van der Waals surface area (Å²) in [7, 11) is 0. The molecule has 3 heteroatoms. The lowest BCUT2D eigenvalue weighted by Gasteiger charge is -2.27. The molecule has 0 aromatic heterocycles. The minimum atomic E-state index is -0.503. The van der Waals surface area contributed by atoms with Gasteiger partial charge >= 0.3 is 5.97 Å². The van der Waals surface area contributed by atoms with Crippen LogP contribution in [0.5, 0.6) is 0 Å². The Bertz CT molecular complexity index is 206. The van der Waals surface area contributed by atoms with E-state index >= 15 is 0 Å². The summed E-state index contributed by atoms with van der Waals surface area (Å²) >= 11 is 0. The van der Waals surface area contributed by atoms with Gasteiger partial charge in [-0.3, -0.25) is 4.79 Å². The number of ether oxygens (including phenoxy) is 1. The van der Waals surface area contributed by atoms with Crippen LogP contribution in [0.2, 0.25) is 0 Å². The molecule has 0 radical (unpaired) electrons. The Morgan fingerprint density at radius 1 is 1.27 bits per heavy atom. The molecule has 0 aromatic rings. The molecule has 0 saturated heterocycles. The Labute approximate surface area is 93.4 Å². The van der Waals surface area contributed by atoms with Crippen molar-refractivity contribution in [1.82, 2.24) is 0 Å². The Hall–Kier alpha value is -0.570. The molecule has 3 nitrogen and oxygen atoms in total. The molecular weight excluding hydrogens is 190 g/mol. The normalized spacial score (nSPS) is 16.3. The fourth-order valence-corrected chi connectivity index (χ4v) is 0.826. The molecule has 0 amide bonds. The van der Waals surface area contributed by atoms with Gasteiger partial charge in [0.05, 0.1) is 6.61 Å². The highest BCUT2D eigenvalue weighted by Crippen LogP contribution is 2.25. The molecule has 0 aliphatic rings. The number of nitrogens with two attached hydrogens (primary N) is 1. The van der Waals surface area contributed by atoms with Gasteiger partial charge in [0.25, 0.3) is 0 Å². The van der Waals surface area contributed by atoms with Crippen LogP contribution in [0.25, 0.3) is 0 Å². The summed E-state index contributed by atoms with van der Waals surface area (Å²) < 4.78 is 5.19. The number of hydrogen-bond acceptors (Lipinski definition) is 3. The third kappa shape index (κ3) is 5.17. The Morgan fingerprint density at radius 3 is 2.07 bits per heavy atom. The van der Waals surface area contributed by atoms with Crippen molar-refractivity contribution in [3.63, 3.8) is 0 Å². The zero-order valence-corrected chi connectivity index (χ0v) is 10.8. The van der Waals surface area contributed by atoms with Gasteiger partial charge in [0.1, 0.15) is 6.04 Å². The lowest BCUT2D eigenvalue weighted by atomic mass is 9.83. The Balaban J connectivity index is 4.02. The molecule has 0 fully saturated rings. The number of carbonyl (C=O) groups excluding carboxylic acids is 1. The lowest BCUT2D eigenvalue weighted by Crippen LogP contribution is -2.38. The topological polar surface area (TPSA) is 52.3 Å². The zero-order chi connectivity index (χ0) is 12.2. The van der Waals surface area contributed by atoms with E-state index in [0.29, 0.717) is 12.5 Å². The molecule has 0 aliphatic carbocycles. The van der Waals surface area contributed by atoms with Crippen molar-refractivity contribution in [1.29, 1.82) is 0 Å². The van der Waals surface area contributed by atoms with Crippen molar-refractivity contribution < 1.29 is 9.53 Å². The molecule has 0 spiro atoms. The van der Waals surface area contributed by atoms with Gasteiger partial charge in [0.2, 0.25) is 0 Å². The van der Waals surface area contributed by atoms with Gasteiger partial charge in [-0.2, -0.15) is 0 Å². The molecule has 0 saturated carbocycles. The maximum atomic E-state index is 11.5. The largest absolute Gasteiger partial charge is 0.464 e. The molecule has 0 unspecified atom stereocenters. The van der Waals surface area contributed by atoms with Crippen LogP contribution in [0, 0.1) is 17.3 Å². The van der Waals surface area contributed by atoms with Gasteiger partial charge in [-0.15, -0.1) is 0 Å². The van der Waals surface area contributed by atoms with Gasteiger partial charge in [-0.1, -0.05) is 41.5 Å². The van der Waals surface area contributed by atoms with E-state index in [2.05, 4.69) is 27.7 Å². The second-order valence-electron chi connectivity index (χ2n) is 5.67. The first-order valence-electron chi connectivity index (χ1n) is 5.58. The van der Waals surface area contributed by atoms with E-state index in [-0.39, 0.29) is 17.3 Å². The van der Waals surface area contributed by atoms with Crippen LogP contribution in [0.15, 0.2) is 0 Å². The predicted octanol–water partition coefficient (Wildman–Crippen LogP) is 2.20. The smallest absolute Gasteiger partial charge is 0.323 e. The molecule has 2 N–H and O–H groups in total. The quantitative estimate of drug-likeness (QED) is 0.731. The summed E-state index contributed by atoms with van der Waals surface area (Å²) in [6.45, 7) is 12.8. The minimum absolute atomic E-state index is 0.127. The van der Waals surface area contributed by atoms with Crippen LogP contribution >= 0.6 is 0 Å². The van der Waals surface area contributed by atoms with Crippen molar-refractivity contribution in [2.45, 2.75) is 47.6 Å². The van der Waals surface area contributed by atoms with Gasteiger partial charge in [-0.05, 0) is 17.3 Å². The maximum Gasteiger partial charge on any atom is 0.323 e. The fraction of sp³-hybridized carbons (Fsp3) is 0.917. The maximum absolute atomic E-state index is 11.5. The van der Waals surface area contributed by atoms with Gasteiger partial charge in [0, 0.05) is 0 Å². The first-order valence-corrected chi connectivity index (χ1v) is 5.58. The molecule has 2 atom stereocenters. The van der Waals surface area contributed by atoms with Gasteiger partial charge in [-0.25, -0.2) is 0 Å². The van der Waals surface area contributed by atoms with Crippen molar-refractivity contribution in [3.8, 4) is 0 Å². The number of carbonyl (C=O) groups is 1. The lowest BCUT2D eigenvalue weighted by molar-refractivity contribution is -0.148. The zero-order valence-electron chi connectivity index (χ0n) is 10.8. The van der Waals surface area contributed by atoms with Crippen LogP contribution in [-0.4, -0.2) is 18.6 Å². The molecule has 0 bridgehead atoms. The number of esters is 1. The summed E-state index contributed by atoms with van der Waals surface area (Å²) in [4.78, 5) is 11.5. The second-order valence-corrected chi connectivity index (χ2v) is 5.67. The average Bonchev–Trinajstić information content (AvgIpc) is 2.10. The SMILES string of the molecule is CC(C)[C@H](N)C(=O)OC[C@@H](C)C(C)(C)C. The minimum Gasteiger partial charge on any atom is -0.464 e. The van der Waals surface area contributed by atoms with E-state index in [1.54, 1.807) is 0 Å². The summed E-state index contributed by atoms with van der Waals surface area (Å²) in [6.07, 6.45) is 0. The third-order valence-electron chi connectivity index (χ3n) is 2.94. The first-order chi connectivity index (χ1) is 6.66. The highest BCUT2D eigenvalue weighted by atomic mass is 16.5. The number of rotatable bonds is 4. The standard InChI is InChI=1S/C12H25NO2/c1-8(2)10(13)11(14)15-7-9(3)12(4,5)6/h8-10H,7,13H2,1-6H3/t9-,10+/m1/s1. The molecule has 0 aromatic carbocycles. The van der Waals surface area contributed by atoms with E-state index in [1.165, 1.54) is 0 Å². The monoisotopic (exact) mass is 215 g/mol. The van der Waals surface area contributed by atoms with Crippen molar-refractivity contribution >= 4 is 5.97 Å². The summed E-state index contributed by atoms with van der Waals surface area (Å²) in [5.74, 6) is 0.171. The van der Waals surface area contributed by atoms with Crippen LogP contribution in [0.1, 0.15) is 41.5 Å². The van der Waals surface area contributed by atoms with Crippen LogP contribution in [0.3, 0.4) is 0 Å². The van der Waals surface area contributed by atoms with Crippen LogP contribution < -0.4 is 5.73 Å². The van der Waals surface area contributed by atoms with E-state index in [9.17, 15) is 4.79 Å². The summed E-state index contributed by atoms with van der Waals surface area (Å²) in [5.41, 5.74) is 5.84. The number of hydrogen-bond donors (Lipinski definition) is 1. The second kappa shape index (κ2) is 5.50. The average molecular weight is 215 g/mol.